The number of phenols is 1. The summed E-state index contributed by atoms with van der Waals surface area (Å²) < 4.78 is 5.35. The molecular weight excluding hydrogens is 581 g/mol. The van der Waals surface area contributed by atoms with E-state index < -0.39 is 11.7 Å². The van der Waals surface area contributed by atoms with E-state index in [2.05, 4.69) is 25.6 Å². The summed E-state index contributed by atoms with van der Waals surface area (Å²) in [6, 6.07) is 6.57. The number of fused-ring (bicyclic) bond motifs is 1. The first-order valence-electron chi connectivity index (χ1n) is 13.2. The van der Waals surface area contributed by atoms with Crippen LogP contribution in [0.5, 0.6) is 5.75 Å². The molecule has 0 saturated carbocycles. The molecule has 1 amide bonds. The van der Waals surface area contributed by atoms with Gasteiger partial charge < -0.3 is 25.4 Å². The molecular formula is C29H29Cl2N7O4. The molecule has 1 aliphatic rings. The van der Waals surface area contributed by atoms with Gasteiger partial charge in [0, 0.05) is 24.8 Å². The van der Waals surface area contributed by atoms with Gasteiger partial charge in [-0.2, -0.15) is 0 Å². The summed E-state index contributed by atoms with van der Waals surface area (Å²) in [6.07, 6.45) is 5.03. The average molecular weight is 611 g/mol. The van der Waals surface area contributed by atoms with E-state index in [4.69, 9.17) is 32.9 Å². The van der Waals surface area contributed by atoms with Crippen LogP contribution in [0, 0.1) is 0 Å². The fourth-order valence-electron chi connectivity index (χ4n) is 4.56. The molecule has 4 heterocycles. The Morgan fingerprint density at radius 1 is 1.07 bits per heavy atom. The molecule has 4 aromatic rings. The molecule has 0 radical (unpaired) electrons. The van der Waals surface area contributed by atoms with Crippen molar-refractivity contribution >= 4 is 63.4 Å². The Morgan fingerprint density at radius 3 is 2.40 bits per heavy atom. The smallest absolute Gasteiger partial charge is 0.407 e. The minimum atomic E-state index is -0.569. The number of Topliss-reactive ketones (excluding diaryl/α,β-unsaturated/α-hetero) is 1. The van der Waals surface area contributed by atoms with Crippen LogP contribution in [0.25, 0.3) is 22.3 Å². The van der Waals surface area contributed by atoms with Crippen LogP contribution in [0.15, 0.2) is 42.9 Å². The summed E-state index contributed by atoms with van der Waals surface area (Å²) in [5.74, 6) is 0.104. The molecule has 0 spiro atoms. The number of aromatic hydroxyl groups is 1. The lowest BCUT2D eigenvalue weighted by molar-refractivity contribution is 0.0508. The van der Waals surface area contributed by atoms with Gasteiger partial charge in [-0.1, -0.05) is 23.2 Å². The number of hydrogen-bond donors (Lipinski definition) is 3. The molecule has 5 rings (SSSR count). The molecule has 1 aliphatic heterocycles. The number of pyridine rings is 2. The third-order valence-electron chi connectivity index (χ3n) is 6.50. The largest absolute Gasteiger partial charge is 0.505 e. The molecule has 0 bridgehead atoms. The second kappa shape index (κ2) is 11.6. The Kier molecular flexibility index (Phi) is 8.07. The predicted octanol–water partition coefficient (Wildman–Crippen LogP) is 6.15. The van der Waals surface area contributed by atoms with Crippen LogP contribution in [0.4, 0.5) is 22.1 Å². The summed E-state index contributed by atoms with van der Waals surface area (Å²) in [5.41, 5.74) is 2.87. The van der Waals surface area contributed by atoms with E-state index in [0.29, 0.717) is 58.3 Å². The average Bonchev–Trinajstić information content (AvgIpc) is 3.38. The highest BCUT2D eigenvalue weighted by atomic mass is 35.5. The van der Waals surface area contributed by atoms with E-state index >= 15 is 0 Å². The van der Waals surface area contributed by atoms with Gasteiger partial charge in [-0.25, -0.2) is 19.7 Å². The van der Waals surface area contributed by atoms with Gasteiger partial charge >= 0.3 is 6.09 Å². The Hall–Kier alpha value is -4.22. The quantitative estimate of drug-likeness (QED) is 0.218. The van der Waals surface area contributed by atoms with E-state index in [9.17, 15) is 14.7 Å². The van der Waals surface area contributed by atoms with E-state index in [0.717, 1.165) is 6.42 Å². The zero-order valence-electron chi connectivity index (χ0n) is 23.4. The van der Waals surface area contributed by atoms with Crippen molar-refractivity contribution in [3.8, 4) is 17.0 Å². The lowest BCUT2D eigenvalue weighted by Crippen LogP contribution is -2.40. The van der Waals surface area contributed by atoms with Crippen LogP contribution >= 0.6 is 23.2 Å². The standard InChI is InChI=1S/C29H29Cl2N7O4/c1-15(39)19-13-32-23-6-5-22(16-9-20(30)26(40)21(31)10-16)37-25(23)24(19)35-18-11-33-27(34-12-18)38-8-7-17(14-38)36-28(41)42-29(2,3)4/h5-6,9-13,17,40H,7-8,14H2,1-4H3,(H,32,35)(H,36,41). The molecule has 1 atom stereocenters. The Bertz CT molecular complexity index is 1650. The Balaban J connectivity index is 1.39. The number of carbonyl (C=O) groups is 2. The van der Waals surface area contributed by atoms with Gasteiger partial charge in [0.05, 0.1) is 56.6 Å². The number of halogens is 2. The second-order valence-corrected chi connectivity index (χ2v) is 11.7. The molecule has 3 aromatic heterocycles. The molecule has 11 nitrogen and oxygen atoms in total. The van der Waals surface area contributed by atoms with E-state index in [1.807, 2.05) is 25.7 Å². The normalized spacial score (nSPS) is 15.1. The molecule has 0 aliphatic carbocycles. The van der Waals surface area contributed by atoms with Crippen molar-refractivity contribution < 1.29 is 19.4 Å². The lowest BCUT2D eigenvalue weighted by atomic mass is 10.1. The van der Waals surface area contributed by atoms with Crippen molar-refractivity contribution in [3.05, 3.63) is 58.5 Å². The third-order valence-corrected chi connectivity index (χ3v) is 7.08. The number of rotatable bonds is 6. The number of alkyl carbamates (subject to hydrolysis) is 1. The van der Waals surface area contributed by atoms with E-state index in [-0.39, 0.29) is 27.6 Å². The number of nitrogens with zero attached hydrogens (tertiary/aromatic N) is 5. The lowest BCUT2D eigenvalue weighted by Gasteiger charge is -2.22. The first-order chi connectivity index (χ1) is 19.9. The molecule has 13 heteroatoms. The molecule has 1 saturated heterocycles. The van der Waals surface area contributed by atoms with Crippen LogP contribution in [0.1, 0.15) is 44.5 Å². The molecule has 3 N–H and O–H groups in total. The fraction of sp³-hybridized carbons (Fsp3) is 0.310. The summed E-state index contributed by atoms with van der Waals surface area (Å²) in [4.78, 5) is 44.9. The number of anilines is 3. The van der Waals surface area contributed by atoms with Crippen molar-refractivity contribution in [1.29, 1.82) is 0 Å². The maximum atomic E-state index is 12.5. The Morgan fingerprint density at radius 2 is 1.76 bits per heavy atom. The second-order valence-electron chi connectivity index (χ2n) is 10.9. The monoisotopic (exact) mass is 609 g/mol. The maximum Gasteiger partial charge on any atom is 0.407 e. The first-order valence-corrected chi connectivity index (χ1v) is 14.0. The zero-order chi connectivity index (χ0) is 30.2. The number of ether oxygens (including phenoxy) is 1. The fourth-order valence-corrected chi connectivity index (χ4v) is 5.05. The van der Waals surface area contributed by atoms with Crippen molar-refractivity contribution in [3.63, 3.8) is 0 Å². The summed E-state index contributed by atoms with van der Waals surface area (Å²) >= 11 is 12.3. The topological polar surface area (TPSA) is 142 Å². The van der Waals surface area contributed by atoms with Gasteiger partial charge in [0.2, 0.25) is 5.95 Å². The van der Waals surface area contributed by atoms with Crippen LogP contribution < -0.4 is 15.5 Å². The highest BCUT2D eigenvalue weighted by molar-refractivity contribution is 6.37. The summed E-state index contributed by atoms with van der Waals surface area (Å²) in [5, 5.41) is 16.3. The maximum absolute atomic E-state index is 12.5. The summed E-state index contributed by atoms with van der Waals surface area (Å²) in [7, 11) is 0. The molecule has 1 aromatic carbocycles. The number of aromatic nitrogens is 4. The number of nitrogens with one attached hydrogen (secondary N) is 2. The molecule has 218 valence electrons. The van der Waals surface area contributed by atoms with Crippen LogP contribution in [0.2, 0.25) is 10.0 Å². The van der Waals surface area contributed by atoms with Crippen LogP contribution in [-0.4, -0.2) is 61.7 Å². The van der Waals surface area contributed by atoms with E-state index in [1.54, 1.807) is 36.7 Å². The van der Waals surface area contributed by atoms with Gasteiger partial charge in [0.1, 0.15) is 11.1 Å². The third kappa shape index (κ3) is 6.47. The van der Waals surface area contributed by atoms with Gasteiger partial charge in [-0.05, 0) is 58.4 Å². The highest BCUT2D eigenvalue weighted by Crippen LogP contribution is 2.37. The number of ketones is 1. The van der Waals surface area contributed by atoms with Gasteiger partial charge in [0.25, 0.3) is 0 Å². The predicted molar refractivity (Wildman–Crippen MR) is 162 cm³/mol. The van der Waals surface area contributed by atoms with Gasteiger partial charge in [0.15, 0.2) is 11.5 Å². The van der Waals surface area contributed by atoms with Crippen LogP contribution in [0.3, 0.4) is 0 Å². The molecule has 1 fully saturated rings. The number of phenolic OH excluding ortho intramolecular Hbond substituents is 1. The minimum Gasteiger partial charge on any atom is -0.505 e. The highest BCUT2D eigenvalue weighted by Gasteiger charge is 2.27. The zero-order valence-corrected chi connectivity index (χ0v) is 24.9. The Labute approximate surface area is 252 Å². The SMILES string of the molecule is CC(=O)c1cnc2ccc(-c3cc(Cl)c(O)c(Cl)c3)nc2c1Nc1cnc(N2CCC(NC(=O)OC(C)(C)C)C2)nc1. The van der Waals surface area contributed by atoms with Crippen LogP contribution in [-0.2, 0) is 4.74 Å². The van der Waals surface area contributed by atoms with Crippen molar-refractivity contribution in [2.45, 2.75) is 45.8 Å². The minimum absolute atomic E-state index is 0.0822. The van der Waals surface area contributed by atoms with Crippen molar-refractivity contribution in [1.82, 2.24) is 25.3 Å². The van der Waals surface area contributed by atoms with Gasteiger partial charge in [-0.15, -0.1) is 0 Å². The van der Waals surface area contributed by atoms with Crippen molar-refractivity contribution in [2.75, 3.05) is 23.3 Å². The first kappa shape index (κ1) is 29.3. The number of amides is 1. The van der Waals surface area contributed by atoms with E-state index in [1.165, 1.54) is 13.1 Å². The van der Waals surface area contributed by atoms with Crippen molar-refractivity contribution in [2.24, 2.45) is 0 Å². The number of hydrogen-bond acceptors (Lipinski definition) is 10. The molecule has 1 unspecified atom stereocenters. The number of benzene rings is 1. The molecule has 42 heavy (non-hydrogen) atoms. The van der Waals surface area contributed by atoms with Gasteiger partial charge in [-0.3, -0.25) is 9.78 Å². The summed E-state index contributed by atoms with van der Waals surface area (Å²) in [6.45, 7) is 8.14. The number of carbonyl (C=O) groups excluding carboxylic acids is 2.